The maximum absolute atomic E-state index is 13.5. The molecule has 10 heteroatoms. The third kappa shape index (κ3) is 5.80. The van der Waals surface area contributed by atoms with Gasteiger partial charge in [0.1, 0.15) is 22.7 Å². The Balaban J connectivity index is 1.35. The first-order chi connectivity index (χ1) is 19.8. The Labute approximate surface area is 241 Å². The molecule has 3 aromatic rings. The molecular formula is C31H36N4O5S. The van der Waals surface area contributed by atoms with E-state index in [1.165, 1.54) is 0 Å². The predicted octanol–water partition coefficient (Wildman–Crippen LogP) is 6.03. The van der Waals surface area contributed by atoms with Crippen LogP contribution in [0, 0.1) is 17.2 Å². The van der Waals surface area contributed by atoms with Crippen molar-refractivity contribution in [3.63, 3.8) is 0 Å². The fourth-order valence-electron chi connectivity index (χ4n) is 5.96. The van der Waals surface area contributed by atoms with Crippen molar-refractivity contribution in [1.82, 2.24) is 10.3 Å². The standard InChI is InChI=1S/C31H36N4O5S/c1-39-24-6-4-5-22(19-24)30-33-27(21-9-11-23(12-10-21)35-15-17-41(37,38)18-16-35)28(40-30)25-7-2-3-8-26(25)29(36)34-31(20-32)13-14-31/h4-6,9-12,19,25-26,37-38H,2-3,7-8,13-18H2,1H3,(H,34,36)/t25-,26-/m1/s1. The average molecular weight is 577 g/mol. The van der Waals surface area contributed by atoms with E-state index in [-0.39, 0.29) is 17.7 Å². The summed E-state index contributed by atoms with van der Waals surface area (Å²) in [5.74, 6) is 2.09. The van der Waals surface area contributed by atoms with Crippen molar-refractivity contribution in [3.05, 3.63) is 54.3 Å². The third-order valence-electron chi connectivity index (χ3n) is 8.62. The molecule has 3 aliphatic rings. The zero-order valence-electron chi connectivity index (χ0n) is 23.2. The summed E-state index contributed by atoms with van der Waals surface area (Å²) in [4.78, 5) is 20.6. The minimum absolute atomic E-state index is 0.0783. The Morgan fingerprint density at radius 2 is 1.85 bits per heavy atom. The largest absolute Gasteiger partial charge is 0.497 e. The molecule has 0 radical (unpaired) electrons. The van der Waals surface area contributed by atoms with Gasteiger partial charge >= 0.3 is 0 Å². The van der Waals surface area contributed by atoms with Gasteiger partial charge in [-0.05, 0) is 56.0 Å². The number of hydrogen-bond acceptors (Lipinski definition) is 8. The number of aromatic nitrogens is 1. The minimum atomic E-state index is -2.47. The highest BCUT2D eigenvalue weighted by Crippen LogP contribution is 2.46. The number of nitrogens with one attached hydrogen (secondary N) is 1. The van der Waals surface area contributed by atoms with Crippen LogP contribution in [-0.4, -0.2) is 57.2 Å². The Hall–Kier alpha value is -3.52. The summed E-state index contributed by atoms with van der Waals surface area (Å²) in [6, 6.07) is 18.0. The molecule has 216 valence electrons. The summed E-state index contributed by atoms with van der Waals surface area (Å²) >= 11 is 0. The number of nitriles is 1. The maximum atomic E-state index is 13.5. The van der Waals surface area contributed by atoms with Crippen LogP contribution in [0.5, 0.6) is 5.75 Å². The highest BCUT2D eigenvalue weighted by atomic mass is 32.3. The lowest BCUT2D eigenvalue weighted by Gasteiger charge is -2.41. The number of nitrogens with zero attached hydrogens (tertiary/aromatic N) is 3. The molecule has 3 N–H and O–H groups in total. The fourth-order valence-corrected chi connectivity index (χ4v) is 7.19. The Morgan fingerprint density at radius 1 is 1.12 bits per heavy atom. The van der Waals surface area contributed by atoms with E-state index in [9.17, 15) is 19.2 Å². The van der Waals surface area contributed by atoms with Crippen molar-refractivity contribution >= 4 is 22.2 Å². The molecule has 2 atom stereocenters. The van der Waals surface area contributed by atoms with Crippen molar-refractivity contribution in [2.45, 2.75) is 50.0 Å². The van der Waals surface area contributed by atoms with Gasteiger partial charge in [-0.25, -0.2) is 4.98 Å². The summed E-state index contributed by atoms with van der Waals surface area (Å²) < 4.78 is 32.0. The molecule has 0 unspecified atom stereocenters. The lowest BCUT2D eigenvalue weighted by molar-refractivity contribution is -0.127. The molecule has 9 nitrogen and oxygen atoms in total. The van der Waals surface area contributed by atoms with Gasteiger partial charge in [0.15, 0.2) is 0 Å². The van der Waals surface area contributed by atoms with Crippen molar-refractivity contribution in [2.24, 2.45) is 5.92 Å². The molecule has 1 aliphatic heterocycles. The lowest BCUT2D eigenvalue weighted by Crippen LogP contribution is -2.42. The quantitative estimate of drug-likeness (QED) is 0.310. The van der Waals surface area contributed by atoms with E-state index in [4.69, 9.17) is 14.1 Å². The second-order valence-electron chi connectivity index (χ2n) is 11.4. The molecule has 2 saturated carbocycles. The first-order valence-corrected chi connectivity index (χ1v) is 16.2. The highest BCUT2D eigenvalue weighted by Gasteiger charge is 2.47. The Morgan fingerprint density at radius 3 is 2.54 bits per heavy atom. The van der Waals surface area contributed by atoms with E-state index < -0.39 is 16.1 Å². The lowest BCUT2D eigenvalue weighted by atomic mass is 9.76. The van der Waals surface area contributed by atoms with Crippen LogP contribution < -0.4 is 15.0 Å². The number of methoxy groups -OCH3 is 1. The molecule has 1 saturated heterocycles. The number of rotatable bonds is 7. The second-order valence-corrected chi connectivity index (χ2v) is 13.8. The molecule has 3 fully saturated rings. The summed E-state index contributed by atoms with van der Waals surface area (Å²) in [6.07, 6.45) is 4.87. The summed E-state index contributed by atoms with van der Waals surface area (Å²) in [5, 5.41) is 12.6. The Kier molecular flexibility index (Phi) is 7.45. The van der Waals surface area contributed by atoms with Gasteiger partial charge in [-0.1, -0.05) is 31.0 Å². The van der Waals surface area contributed by atoms with Crippen LogP contribution in [0.4, 0.5) is 5.69 Å². The number of hydrogen-bond donors (Lipinski definition) is 3. The van der Waals surface area contributed by atoms with Gasteiger partial charge in [-0.2, -0.15) is 15.9 Å². The van der Waals surface area contributed by atoms with E-state index >= 15 is 0 Å². The molecule has 41 heavy (non-hydrogen) atoms. The first-order valence-electron chi connectivity index (χ1n) is 14.3. The smallest absolute Gasteiger partial charge is 0.227 e. The van der Waals surface area contributed by atoms with Crippen LogP contribution in [0.15, 0.2) is 52.9 Å². The van der Waals surface area contributed by atoms with E-state index in [0.29, 0.717) is 60.5 Å². The SMILES string of the molecule is COc1cccc(-c2nc(-c3ccc(N4CCS(O)(O)CC4)cc3)c([C@@H]3CCCC[C@H]3C(=O)NC3(C#N)CC3)o2)c1. The predicted molar refractivity (Wildman–Crippen MR) is 159 cm³/mol. The number of anilines is 1. The van der Waals surface area contributed by atoms with Crippen LogP contribution >= 0.6 is 10.6 Å². The van der Waals surface area contributed by atoms with Crippen LogP contribution in [0.1, 0.15) is 50.2 Å². The molecule has 0 spiro atoms. The normalized spacial score (nSPS) is 23.7. The Bertz CT molecular complexity index is 1450. The van der Waals surface area contributed by atoms with Gasteiger partial charge in [-0.3, -0.25) is 13.9 Å². The molecule has 2 heterocycles. The molecule has 2 aromatic carbocycles. The number of amides is 1. The van der Waals surface area contributed by atoms with Gasteiger partial charge < -0.3 is 19.4 Å². The van der Waals surface area contributed by atoms with Crippen molar-refractivity contribution in [2.75, 3.05) is 36.6 Å². The van der Waals surface area contributed by atoms with Crippen LogP contribution in [-0.2, 0) is 4.79 Å². The minimum Gasteiger partial charge on any atom is -0.497 e. The molecule has 1 aromatic heterocycles. The summed E-state index contributed by atoms with van der Waals surface area (Å²) in [6.45, 7) is 1.19. The number of ether oxygens (including phenoxy) is 1. The number of carbonyl (C=O) groups is 1. The van der Waals surface area contributed by atoms with Gasteiger partial charge in [-0.15, -0.1) is 0 Å². The van der Waals surface area contributed by atoms with Gasteiger partial charge in [0.2, 0.25) is 11.8 Å². The summed E-state index contributed by atoms with van der Waals surface area (Å²) in [7, 11) is -0.845. The van der Waals surface area contributed by atoms with Gasteiger partial charge in [0, 0.05) is 41.7 Å². The first kappa shape index (κ1) is 27.6. The molecule has 6 rings (SSSR count). The third-order valence-corrected chi connectivity index (χ3v) is 10.3. The second kappa shape index (κ2) is 11.0. The van der Waals surface area contributed by atoms with Crippen molar-refractivity contribution < 1.29 is 23.1 Å². The van der Waals surface area contributed by atoms with Crippen molar-refractivity contribution in [3.8, 4) is 34.5 Å². The fraction of sp³-hybridized carbons (Fsp3) is 0.452. The monoisotopic (exact) mass is 576 g/mol. The number of oxazole rings is 1. The van der Waals surface area contributed by atoms with E-state index in [1.807, 2.05) is 48.5 Å². The van der Waals surface area contributed by atoms with E-state index in [1.54, 1.807) is 7.11 Å². The average Bonchev–Trinajstić information content (AvgIpc) is 3.63. The van der Waals surface area contributed by atoms with Crippen LogP contribution in [0.25, 0.3) is 22.7 Å². The molecule has 0 bridgehead atoms. The number of carbonyl (C=O) groups excluding carboxylic acids is 1. The topological polar surface area (TPSA) is 132 Å². The van der Waals surface area contributed by atoms with Gasteiger partial charge in [0.25, 0.3) is 0 Å². The van der Waals surface area contributed by atoms with Crippen LogP contribution in [0.2, 0.25) is 0 Å². The molecule has 2 aliphatic carbocycles. The van der Waals surface area contributed by atoms with E-state index in [2.05, 4.69) is 16.3 Å². The highest BCUT2D eigenvalue weighted by molar-refractivity contribution is 8.24. The maximum Gasteiger partial charge on any atom is 0.227 e. The zero-order chi connectivity index (χ0) is 28.6. The van der Waals surface area contributed by atoms with E-state index in [0.717, 1.165) is 42.5 Å². The van der Waals surface area contributed by atoms with Crippen molar-refractivity contribution in [1.29, 1.82) is 5.26 Å². The summed E-state index contributed by atoms with van der Waals surface area (Å²) in [5.41, 5.74) is 2.70. The van der Waals surface area contributed by atoms with Gasteiger partial charge in [0.05, 0.1) is 24.7 Å². The number of benzene rings is 2. The van der Waals surface area contributed by atoms with Crippen LogP contribution in [0.3, 0.4) is 0 Å². The molecule has 1 amide bonds. The molecular weight excluding hydrogens is 540 g/mol. The zero-order valence-corrected chi connectivity index (χ0v) is 24.0.